The van der Waals surface area contributed by atoms with Crippen molar-refractivity contribution >= 4 is 17.4 Å². The number of hydrogen-bond acceptors (Lipinski definition) is 3. The molecule has 0 aliphatic carbocycles. The molecule has 1 atom stereocenters. The van der Waals surface area contributed by atoms with E-state index in [9.17, 15) is 4.79 Å². The second-order valence-corrected chi connectivity index (χ2v) is 6.91. The Morgan fingerprint density at radius 1 is 1.12 bits per heavy atom. The summed E-state index contributed by atoms with van der Waals surface area (Å²) in [5, 5.41) is 4.15. The van der Waals surface area contributed by atoms with Crippen LogP contribution in [0, 0.1) is 0 Å². The molecule has 0 aromatic heterocycles. The molecule has 25 heavy (non-hydrogen) atoms. The molecule has 3 nitrogen and oxygen atoms in total. The molecule has 3 rings (SSSR count). The van der Waals surface area contributed by atoms with Crippen molar-refractivity contribution in [2.45, 2.75) is 38.1 Å². The molecule has 1 fully saturated rings. The number of benzene rings is 2. The van der Waals surface area contributed by atoms with Gasteiger partial charge in [0, 0.05) is 23.0 Å². The van der Waals surface area contributed by atoms with Gasteiger partial charge in [-0.25, -0.2) is 0 Å². The third-order valence-corrected chi connectivity index (χ3v) is 5.00. The maximum atomic E-state index is 12.4. The Bertz CT molecular complexity index is 693. The highest BCUT2D eigenvalue weighted by Gasteiger charge is 2.12. The summed E-state index contributed by atoms with van der Waals surface area (Å²) in [6, 6.07) is 15.4. The maximum absolute atomic E-state index is 12.4. The number of rotatable bonds is 7. The van der Waals surface area contributed by atoms with Gasteiger partial charge in [0.05, 0.1) is 6.61 Å². The third-order valence-electron chi connectivity index (χ3n) is 4.63. The normalized spacial score (nSPS) is 17.2. The van der Waals surface area contributed by atoms with Gasteiger partial charge >= 0.3 is 0 Å². The number of Topliss-reactive ketones (excluding diaryl/α,β-unsaturated/α-hetero) is 1. The molecule has 4 heteroatoms. The van der Waals surface area contributed by atoms with Crippen molar-refractivity contribution in [3.05, 3.63) is 64.7 Å². The standard InChI is InChI=1S/C21H24ClNO2/c22-20-7-2-1-5-17(20)15-21(24)16-8-10-19(11-9-16)25-14-12-18-6-3-4-13-23-18/h1-2,5,7-11,18,23H,3-4,6,12-15H2. The van der Waals surface area contributed by atoms with E-state index in [0.29, 0.717) is 29.7 Å². The van der Waals surface area contributed by atoms with Crippen LogP contribution in [0.25, 0.3) is 0 Å². The van der Waals surface area contributed by atoms with Gasteiger partial charge in [0.1, 0.15) is 5.75 Å². The second-order valence-electron chi connectivity index (χ2n) is 6.50. The van der Waals surface area contributed by atoms with E-state index in [-0.39, 0.29) is 5.78 Å². The molecule has 0 bridgehead atoms. The van der Waals surface area contributed by atoms with Gasteiger partial charge in [-0.2, -0.15) is 0 Å². The van der Waals surface area contributed by atoms with Crippen LogP contribution in [0.4, 0.5) is 0 Å². The van der Waals surface area contributed by atoms with Crippen molar-refractivity contribution in [2.24, 2.45) is 0 Å². The van der Waals surface area contributed by atoms with Crippen LogP contribution in [0.1, 0.15) is 41.6 Å². The Kier molecular flexibility index (Phi) is 6.48. The Hall–Kier alpha value is -1.84. The molecular weight excluding hydrogens is 334 g/mol. The zero-order chi connectivity index (χ0) is 17.5. The van der Waals surface area contributed by atoms with Crippen molar-refractivity contribution in [2.75, 3.05) is 13.2 Å². The van der Waals surface area contributed by atoms with Crippen molar-refractivity contribution in [3.63, 3.8) is 0 Å². The summed E-state index contributed by atoms with van der Waals surface area (Å²) in [4.78, 5) is 12.4. The van der Waals surface area contributed by atoms with Crippen LogP contribution >= 0.6 is 11.6 Å². The zero-order valence-electron chi connectivity index (χ0n) is 14.3. The Morgan fingerprint density at radius 2 is 1.92 bits per heavy atom. The first-order chi connectivity index (χ1) is 12.2. The summed E-state index contributed by atoms with van der Waals surface area (Å²) in [6.07, 6.45) is 5.15. The number of hydrogen-bond donors (Lipinski definition) is 1. The van der Waals surface area contributed by atoms with Gasteiger partial charge in [-0.15, -0.1) is 0 Å². The second kappa shape index (κ2) is 9.02. The molecule has 1 unspecified atom stereocenters. The number of halogens is 1. The first-order valence-corrected chi connectivity index (χ1v) is 9.33. The van der Waals surface area contributed by atoms with Crippen LogP contribution in [0.15, 0.2) is 48.5 Å². The lowest BCUT2D eigenvalue weighted by molar-refractivity contribution is 0.0993. The van der Waals surface area contributed by atoms with Gasteiger partial charge < -0.3 is 10.1 Å². The predicted molar refractivity (Wildman–Crippen MR) is 102 cm³/mol. The van der Waals surface area contributed by atoms with Crippen LogP contribution in [0.5, 0.6) is 5.75 Å². The molecular formula is C21H24ClNO2. The summed E-state index contributed by atoms with van der Waals surface area (Å²) in [5.74, 6) is 0.871. The molecule has 1 aliphatic rings. The number of piperidine rings is 1. The molecule has 0 radical (unpaired) electrons. The molecule has 1 N–H and O–H groups in total. The third kappa shape index (κ3) is 5.32. The topological polar surface area (TPSA) is 38.3 Å². The van der Waals surface area contributed by atoms with E-state index in [1.54, 1.807) is 0 Å². The Labute approximate surface area is 154 Å². The minimum Gasteiger partial charge on any atom is -0.494 e. The number of nitrogens with one attached hydrogen (secondary N) is 1. The van der Waals surface area contributed by atoms with Crippen molar-refractivity contribution in [1.29, 1.82) is 0 Å². The maximum Gasteiger partial charge on any atom is 0.167 e. The Morgan fingerprint density at radius 3 is 2.64 bits per heavy atom. The van der Waals surface area contributed by atoms with Gasteiger partial charge in [-0.05, 0) is 61.7 Å². The lowest BCUT2D eigenvalue weighted by Gasteiger charge is -2.23. The summed E-state index contributed by atoms with van der Waals surface area (Å²) in [5.41, 5.74) is 1.54. The monoisotopic (exact) mass is 357 g/mol. The van der Waals surface area contributed by atoms with E-state index >= 15 is 0 Å². The fourth-order valence-corrected chi connectivity index (χ4v) is 3.35. The fraction of sp³-hybridized carbons (Fsp3) is 0.381. The largest absolute Gasteiger partial charge is 0.494 e. The minimum absolute atomic E-state index is 0.0612. The summed E-state index contributed by atoms with van der Waals surface area (Å²) in [6.45, 7) is 1.82. The van der Waals surface area contributed by atoms with E-state index in [4.69, 9.17) is 16.3 Å². The lowest BCUT2D eigenvalue weighted by Crippen LogP contribution is -2.35. The van der Waals surface area contributed by atoms with Crippen LogP contribution in [0.3, 0.4) is 0 Å². The Balaban J connectivity index is 1.49. The van der Waals surface area contributed by atoms with E-state index in [1.165, 1.54) is 19.3 Å². The molecule has 132 valence electrons. The summed E-state index contributed by atoms with van der Waals surface area (Å²) in [7, 11) is 0. The van der Waals surface area contributed by atoms with Crippen LogP contribution in [-0.2, 0) is 6.42 Å². The molecule has 1 heterocycles. The average Bonchev–Trinajstić information content (AvgIpc) is 2.65. The highest BCUT2D eigenvalue weighted by molar-refractivity contribution is 6.31. The van der Waals surface area contributed by atoms with Gasteiger partial charge in [0.25, 0.3) is 0 Å². The molecule has 1 aliphatic heterocycles. The molecule has 0 saturated carbocycles. The first-order valence-electron chi connectivity index (χ1n) is 8.95. The summed E-state index contributed by atoms with van der Waals surface area (Å²) >= 11 is 6.12. The molecule has 0 spiro atoms. The fourth-order valence-electron chi connectivity index (χ4n) is 3.14. The van der Waals surface area contributed by atoms with Gasteiger partial charge in [-0.1, -0.05) is 36.2 Å². The van der Waals surface area contributed by atoms with Crippen LogP contribution < -0.4 is 10.1 Å². The van der Waals surface area contributed by atoms with Crippen molar-refractivity contribution < 1.29 is 9.53 Å². The smallest absolute Gasteiger partial charge is 0.167 e. The highest BCUT2D eigenvalue weighted by atomic mass is 35.5. The van der Waals surface area contributed by atoms with E-state index < -0.39 is 0 Å². The lowest BCUT2D eigenvalue weighted by atomic mass is 10.0. The van der Waals surface area contributed by atoms with Crippen molar-refractivity contribution in [1.82, 2.24) is 5.32 Å². The number of ketones is 1. The zero-order valence-corrected chi connectivity index (χ0v) is 15.1. The van der Waals surface area contributed by atoms with Crippen LogP contribution in [0.2, 0.25) is 5.02 Å². The van der Waals surface area contributed by atoms with Crippen LogP contribution in [-0.4, -0.2) is 25.0 Å². The van der Waals surface area contributed by atoms with Gasteiger partial charge in [0.2, 0.25) is 0 Å². The average molecular weight is 358 g/mol. The highest BCUT2D eigenvalue weighted by Crippen LogP contribution is 2.19. The quantitative estimate of drug-likeness (QED) is 0.731. The summed E-state index contributed by atoms with van der Waals surface area (Å²) < 4.78 is 5.81. The molecule has 0 amide bonds. The number of ether oxygens (including phenoxy) is 1. The van der Waals surface area contributed by atoms with E-state index in [1.807, 2.05) is 48.5 Å². The van der Waals surface area contributed by atoms with Gasteiger partial charge in [0.15, 0.2) is 5.78 Å². The molecule has 1 saturated heterocycles. The van der Waals surface area contributed by atoms with Crippen molar-refractivity contribution in [3.8, 4) is 5.75 Å². The first kappa shape index (κ1) is 18.0. The van der Waals surface area contributed by atoms with E-state index in [2.05, 4.69) is 5.32 Å². The van der Waals surface area contributed by atoms with Gasteiger partial charge in [-0.3, -0.25) is 4.79 Å². The SMILES string of the molecule is O=C(Cc1ccccc1Cl)c1ccc(OCCC2CCCCN2)cc1. The number of carbonyl (C=O) groups is 1. The molecule has 2 aromatic rings. The molecule has 2 aromatic carbocycles. The number of carbonyl (C=O) groups excluding carboxylic acids is 1. The predicted octanol–water partition coefficient (Wildman–Crippen LogP) is 4.68. The minimum atomic E-state index is 0.0612. The van der Waals surface area contributed by atoms with E-state index in [0.717, 1.165) is 24.3 Å².